The molecule has 2 nitrogen and oxygen atoms in total. The summed E-state index contributed by atoms with van der Waals surface area (Å²) in [6.45, 7) is 25.5. The van der Waals surface area contributed by atoms with Crippen molar-refractivity contribution in [1.82, 2.24) is 0 Å². The Balaban J connectivity index is 0.000000399. The molecule has 2 N–H and O–H groups in total. The van der Waals surface area contributed by atoms with Crippen molar-refractivity contribution in [3.05, 3.63) is 192 Å². The predicted octanol–water partition coefficient (Wildman–Crippen LogP) is 16.6. The number of phenols is 2. The molecule has 2 unspecified atom stereocenters. The first-order valence-corrected chi connectivity index (χ1v) is 29.5. The zero-order valence-corrected chi connectivity index (χ0v) is 42.3. The van der Waals surface area contributed by atoms with Crippen LogP contribution >= 0.6 is 15.9 Å². The van der Waals surface area contributed by atoms with Gasteiger partial charge in [-0.25, -0.2) is 0 Å². The van der Waals surface area contributed by atoms with Gasteiger partial charge in [-0.15, -0.1) is 24.3 Å². The average molecular weight is 911 g/mol. The molecule has 2 aliphatic rings. The predicted molar refractivity (Wildman–Crippen MR) is 274 cm³/mol. The van der Waals surface area contributed by atoms with Gasteiger partial charge in [0.05, 0.1) is 0 Å². The fraction of sp³-hybridized carbons (Fsp3) is 0.345. The van der Waals surface area contributed by atoms with Crippen LogP contribution in [0.2, 0.25) is 0 Å². The van der Waals surface area contributed by atoms with Crippen LogP contribution in [0.4, 0.5) is 0 Å². The molecule has 6 aromatic rings. The fourth-order valence-electron chi connectivity index (χ4n) is 8.53. The van der Waals surface area contributed by atoms with Gasteiger partial charge in [-0.1, -0.05) is 12.1 Å². The van der Waals surface area contributed by atoms with E-state index in [-0.39, 0.29) is 42.2 Å². The van der Waals surface area contributed by atoms with E-state index in [0.717, 1.165) is 66.5 Å². The molecule has 0 aromatic heterocycles. The number of benzene rings is 6. The number of phenolic OH excluding ortho intramolecular Hbond substituents is 2. The van der Waals surface area contributed by atoms with E-state index in [0.29, 0.717) is 11.5 Å². The SMILES string of the molecule is Cc1ccccc1-c1cc(C(C)(C)C)cc(C[S]2=[Ti]=[S@@](Cc3cc(C(C)(C)C)cc(-c4ccccc4C)c3O)C3CCCCCC[C@@H]32)c1O.[CH2-]c1ccccc1.[CH2-]c1ccccc1. The van der Waals surface area contributed by atoms with Crippen LogP contribution in [0.3, 0.4) is 0 Å². The molecule has 0 saturated heterocycles. The maximum atomic E-state index is 12.0. The third-order valence-corrected chi connectivity index (χ3v) is 28.3. The minimum atomic E-state index is -0.313. The Morgan fingerprint density at radius 1 is 0.492 bits per heavy atom. The summed E-state index contributed by atoms with van der Waals surface area (Å²) < 4.78 is 0. The van der Waals surface area contributed by atoms with E-state index >= 15 is 0 Å². The smallest absolute Gasteiger partial charge is 0.0866 e. The maximum absolute atomic E-state index is 12.0. The number of hydrogen-bond acceptors (Lipinski definition) is 2. The molecule has 1 aliphatic carbocycles. The third kappa shape index (κ3) is 12.9. The van der Waals surface area contributed by atoms with Crippen LogP contribution in [0.15, 0.2) is 133 Å². The van der Waals surface area contributed by atoms with Crippen LogP contribution < -0.4 is 0 Å². The Bertz CT molecular complexity index is 2360. The molecule has 0 radical (unpaired) electrons. The first kappa shape index (κ1) is 48.5. The van der Waals surface area contributed by atoms with Crippen LogP contribution in [-0.4, -0.2) is 20.7 Å². The molecule has 1 aliphatic heterocycles. The van der Waals surface area contributed by atoms with E-state index in [4.69, 9.17) is 0 Å². The minimum Gasteiger partial charge on any atom is -0.199 e. The van der Waals surface area contributed by atoms with E-state index < -0.39 is 0 Å². The first-order valence-electron chi connectivity index (χ1n) is 22.8. The Labute approximate surface area is 391 Å². The van der Waals surface area contributed by atoms with Gasteiger partial charge in [0, 0.05) is 0 Å². The maximum Gasteiger partial charge on any atom is -0.0866 e. The number of fused-ring (bicyclic) bond motifs is 1. The van der Waals surface area contributed by atoms with Crippen LogP contribution in [0, 0.1) is 27.7 Å². The molecule has 1 heterocycles. The second-order valence-corrected chi connectivity index (χ2v) is 30.9. The summed E-state index contributed by atoms with van der Waals surface area (Å²) in [5.41, 5.74) is 13.7. The summed E-state index contributed by atoms with van der Waals surface area (Å²) >= 11 is -0.313. The Hall–Kier alpha value is -3.93. The molecule has 332 valence electrons. The minimum absolute atomic E-state index is 0.00751. The molecule has 1 saturated carbocycles. The van der Waals surface area contributed by atoms with Gasteiger partial charge in [-0.2, -0.15) is 49.2 Å². The molecular weight excluding hydrogens is 841 g/mol. The topological polar surface area (TPSA) is 40.5 Å². The van der Waals surface area contributed by atoms with Gasteiger partial charge in [0.2, 0.25) is 0 Å². The van der Waals surface area contributed by atoms with Crippen LogP contribution in [-0.2, 0) is 37.8 Å². The number of hydrogen-bond donors (Lipinski definition) is 2. The van der Waals surface area contributed by atoms with E-state index in [2.05, 4.69) is 142 Å². The largest absolute Gasteiger partial charge is 0.199 e. The van der Waals surface area contributed by atoms with Gasteiger partial charge >= 0.3 is 308 Å². The standard InChI is InChI=1S/C44H56O2S2.2C7H7.Ti/c1-29-17-13-15-19-35(29)37-25-33(43(3,4)5)23-31(41(37)45)27-47-39-21-11-9-10-12-22-40(39)48-28-32-24-34(44(6,7)8)26-38(42(32)46)36-20-16-14-18-30(36)2;2*1-7-5-3-2-4-6-7;/h13-20,23-26,39-40,45-46H,9-12,21-22,27-28H2,1-8H3;2*2-6H,1H2;/q;2*-1;/t39-,40?;;;/m0.../s1. The van der Waals surface area contributed by atoms with E-state index in [1.807, 2.05) is 60.7 Å². The molecule has 4 atom stereocenters. The Kier molecular flexibility index (Phi) is 16.8. The van der Waals surface area contributed by atoms with Gasteiger partial charge in [0.25, 0.3) is 0 Å². The van der Waals surface area contributed by atoms with Crippen molar-refractivity contribution in [2.75, 3.05) is 0 Å². The van der Waals surface area contributed by atoms with E-state index in [9.17, 15) is 10.2 Å². The number of rotatable bonds is 6. The molecule has 8 rings (SSSR count). The monoisotopic (exact) mass is 910 g/mol. The molecule has 0 amide bonds. The summed E-state index contributed by atoms with van der Waals surface area (Å²) in [7, 11) is 0.578. The molecule has 63 heavy (non-hydrogen) atoms. The van der Waals surface area contributed by atoms with Gasteiger partial charge < -0.3 is 0 Å². The van der Waals surface area contributed by atoms with Crippen molar-refractivity contribution in [3.8, 4) is 33.8 Å². The second kappa shape index (κ2) is 21.8. The average Bonchev–Trinajstić information content (AvgIpc) is 3.53. The Morgan fingerprint density at radius 3 is 1.16 bits per heavy atom. The van der Waals surface area contributed by atoms with Crippen molar-refractivity contribution in [3.63, 3.8) is 0 Å². The van der Waals surface area contributed by atoms with Gasteiger partial charge in [0.15, 0.2) is 0 Å². The van der Waals surface area contributed by atoms with Crippen molar-refractivity contribution < 1.29 is 25.7 Å². The summed E-state index contributed by atoms with van der Waals surface area (Å²) in [4.78, 5) is 0. The van der Waals surface area contributed by atoms with E-state index in [1.54, 1.807) is 0 Å². The first-order chi connectivity index (χ1) is 30.0. The fourth-order valence-corrected chi connectivity index (χ4v) is 29.4. The van der Waals surface area contributed by atoms with Crippen LogP contribution in [0.1, 0.15) is 125 Å². The second-order valence-electron chi connectivity index (χ2n) is 19.5. The third-order valence-electron chi connectivity index (χ3n) is 12.4. The van der Waals surface area contributed by atoms with Crippen LogP contribution in [0.25, 0.3) is 22.3 Å². The van der Waals surface area contributed by atoms with Gasteiger partial charge in [-0.3, -0.25) is 0 Å². The number of aryl methyl sites for hydroxylation is 2. The zero-order chi connectivity index (χ0) is 45.3. The summed E-state index contributed by atoms with van der Waals surface area (Å²) in [5, 5.41) is 25.5. The van der Waals surface area contributed by atoms with Crippen molar-refractivity contribution in [1.29, 1.82) is 0 Å². The van der Waals surface area contributed by atoms with Crippen molar-refractivity contribution in [2.45, 2.75) is 127 Å². The van der Waals surface area contributed by atoms with Crippen molar-refractivity contribution >= 4 is 15.9 Å². The normalized spacial score (nSPS) is 18.5. The van der Waals surface area contributed by atoms with Gasteiger partial charge in [0.1, 0.15) is 0 Å². The van der Waals surface area contributed by atoms with Crippen molar-refractivity contribution in [2.24, 2.45) is 0 Å². The summed E-state index contributed by atoms with van der Waals surface area (Å²) in [5.74, 6) is 2.99. The van der Waals surface area contributed by atoms with Crippen LogP contribution in [0.5, 0.6) is 11.5 Å². The zero-order valence-electron chi connectivity index (χ0n) is 39.1. The Morgan fingerprint density at radius 2 is 0.841 bits per heavy atom. The van der Waals surface area contributed by atoms with Gasteiger partial charge in [-0.05, 0) is 0 Å². The molecule has 6 aromatic carbocycles. The molecule has 1 fully saturated rings. The van der Waals surface area contributed by atoms with E-state index in [1.165, 1.54) is 60.8 Å². The molecule has 5 heteroatoms. The molecule has 0 bridgehead atoms. The summed E-state index contributed by atoms with van der Waals surface area (Å²) in [6.07, 6.45) is 8.02. The molecule has 0 spiro atoms. The summed E-state index contributed by atoms with van der Waals surface area (Å²) in [6, 6.07) is 45.9. The quantitative estimate of drug-likeness (QED) is 0.129. The molecular formula is C58H70O2S2Ti-2. The number of aromatic hydroxyl groups is 2.